The van der Waals surface area contributed by atoms with Gasteiger partial charge >= 0.3 is 12.1 Å². The van der Waals surface area contributed by atoms with Crippen LogP contribution in [-0.4, -0.2) is 32.3 Å². The van der Waals surface area contributed by atoms with Crippen LogP contribution < -0.4 is 5.32 Å². The fourth-order valence-electron chi connectivity index (χ4n) is 2.05. The van der Waals surface area contributed by atoms with Gasteiger partial charge in [-0.05, 0) is 33.6 Å². The molecule has 2 N–H and O–H groups in total. The lowest BCUT2D eigenvalue weighted by Gasteiger charge is -2.25. The molecule has 0 aromatic carbocycles. The van der Waals surface area contributed by atoms with Crippen LogP contribution in [0.4, 0.5) is 4.79 Å². The zero-order chi connectivity index (χ0) is 17.2. The van der Waals surface area contributed by atoms with Crippen molar-refractivity contribution >= 4 is 12.1 Å². The van der Waals surface area contributed by atoms with Crippen LogP contribution in [0.15, 0.2) is 0 Å². The molecule has 0 saturated carbocycles. The number of nitrogens with one attached hydrogen (secondary N) is 1. The molecule has 22 heavy (non-hydrogen) atoms. The molecule has 0 radical (unpaired) electrons. The Labute approximate surface area is 130 Å². The van der Waals surface area contributed by atoms with Gasteiger partial charge < -0.3 is 19.7 Å². The van der Waals surface area contributed by atoms with Crippen molar-refractivity contribution in [2.45, 2.75) is 53.2 Å². The minimum absolute atomic E-state index is 0.00543. The summed E-state index contributed by atoms with van der Waals surface area (Å²) in [5.74, 6) is -0.565. The Morgan fingerprint density at radius 1 is 1.32 bits per heavy atom. The standard InChI is InChI=1S/C15H25N3O4/c1-8(2)10(17-14(21)22-15(4,5)6)12-16-11(13(19)20)9(3)18(12)7/h8,10H,1-7H3,(H,17,21)(H,19,20)/t10-/m0/s1. The fourth-order valence-corrected chi connectivity index (χ4v) is 2.05. The molecule has 0 aliphatic heterocycles. The van der Waals surface area contributed by atoms with E-state index in [0.717, 1.165) is 0 Å². The zero-order valence-corrected chi connectivity index (χ0v) is 14.2. The van der Waals surface area contributed by atoms with Gasteiger partial charge in [-0.1, -0.05) is 13.8 Å². The third-order valence-electron chi connectivity index (χ3n) is 3.24. The van der Waals surface area contributed by atoms with E-state index >= 15 is 0 Å². The minimum atomic E-state index is -1.08. The van der Waals surface area contributed by atoms with Crippen molar-refractivity contribution in [3.63, 3.8) is 0 Å². The molecule has 1 heterocycles. The van der Waals surface area contributed by atoms with E-state index in [1.54, 1.807) is 39.3 Å². The molecule has 0 spiro atoms. The van der Waals surface area contributed by atoms with E-state index < -0.39 is 23.7 Å². The minimum Gasteiger partial charge on any atom is -0.476 e. The number of amides is 1. The van der Waals surface area contributed by atoms with Crippen LogP contribution in [0, 0.1) is 12.8 Å². The molecule has 1 aromatic rings. The van der Waals surface area contributed by atoms with Gasteiger partial charge in [0.1, 0.15) is 11.4 Å². The molecule has 1 rings (SSSR count). The van der Waals surface area contributed by atoms with E-state index in [-0.39, 0.29) is 11.6 Å². The van der Waals surface area contributed by atoms with E-state index in [2.05, 4.69) is 10.3 Å². The first-order valence-corrected chi connectivity index (χ1v) is 7.20. The Morgan fingerprint density at radius 2 is 1.86 bits per heavy atom. The predicted molar refractivity (Wildman–Crippen MR) is 81.9 cm³/mol. The lowest BCUT2D eigenvalue weighted by atomic mass is 10.0. The van der Waals surface area contributed by atoms with Gasteiger partial charge in [0.2, 0.25) is 0 Å². The number of aromatic carboxylic acids is 1. The number of hydrogen-bond acceptors (Lipinski definition) is 4. The molecule has 0 aliphatic rings. The van der Waals surface area contributed by atoms with Crippen molar-refractivity contribution in [2.24, 2.45) is 13.0 Å². The maximum Gasteiger partial charge on any atom is 0.408 e. The molecule has 1 amide bonds. The normalized spacial score (nSPS) is 13.1. The maximum atomic E-state index is 12.0. The molecule has 124 valence electrons. The summed E-state index contributed by atoms with van der Waals surface area (Å²) in [4.78, 5) is 27.4. The van der Waals surface area contributed by atoms with Gasteiger partial charge in [0.25, 0.3) is 0 Å². The molecule has 0 bridgehead atoms. The van der Waals surface area contributed by atoms with E-state index in [9.17, 15) is 14.7 Å². The molecule has 0 unspecified atom stereocenters. The van der Waals surface area contributed by atoms with Crippen LogP contribution in [0.25, 0.3) is 0 Å². The van der Waals surface area contributed by atoms with Crippen LogP contribution in [-0.2, 0) is 11.8 Å². The van der Waals surface area contributed by atoms with Crippen LogP contribution in [0.3, 0.4) is 0 Å². The lowest BCUT2D eigenvalue weighted by Crippen LogP contribution is -2.37. The average molecular weight is 311 g/mol. The highest BCUT2D eigenvalue weighted by atomic mass is 16.6. The largest absolute Gasteiger partial charge is 0.476 e. The molecule has 1 aromatic heterocycles. The van der Waals surface area contributed by atoms with E-state index in [1.165, 1.54) is 0 Å². The fraction of sp³-hybridized carbons (Fsp3) is 0.667. The van der Waals surface area contributed by atoms with Crippen molar-refractivity contribution in [3.05, 3.63) is 17.2 Å². The Hall–Kier alpha value is -2.05. The summed E-state index contributed by atoms with van der Waals surface area (Å²) < 4.78 is 6.95. The lowest BCUT2D eigenvalue weighted by molar-refractivity contribution is 0.0485. The first kappa shape index (κ1) is 18.0. The number of carbonyl (C=O) groups is 2. The maximum absolute atomic E-state index is 12.0. The number of carbonyl (C=O) groups excluding carboxylic acids is 1. The first-order valence-electron chi connectivity index (χ1n) is 7.20. The number of alkyl carbamates (subject to hydrolysis) is 1. The van der Waals surface area contributed by atoms with Crippen molar-refractivity contribution in [1.29, 1.82) is 0 Å². The Kier molecular flexibility index (Phi) is 5.22. The van der Waals surface area contributed by atoms with E-state index in [1.807, 2.05) is 13.8 Å². The number of carboxylic acids is 1. The average Bonchev–Trinajstić information content (AvgIpc) is 2.61. The zero-order valence-electron chi connectivity index (χ0n) is 14.2. The number of nitrogens with zero attached hydrogens (tertiary/aromatic N) is 2. The van der Waals surface area contributed by atoms with Gasteiger partial charge in [0.15, 0.2) is 5.69 Å². The van der Waals surface area contributed by atoms with Gasteiger partial charge in [-0.15, -0.1) is 0 Å². The van der Waals surface area contributed by atoms with Crippen LogP contribution in [0.5, 0.6) is 0 Å². The second kappa shape index (κ2) is 6.37. The summed E-state index contributed by atoms with van der Waals surface area (Å²) in [7, 11) is 1.73. The second-order valence-electron chi connectivity index (χ2n) is 6.64. The van der Waals surface area contributed by atoms with E-state index in [0.29, 0.717) is 11.5 Å². The number of rotatable bonds is 4. The summed E-state index contributed by atoms with van der Waals surface area (Å²) in [6, 6.07) is -0.438. The van der Waals surface area contributed by atoms with Crippen molar-refractivity contribution in [2.75, 3.05) is 0 Å². The summed E-state index contributed by atoms with van der Waals surface area (Å²) in [6.45, 7) is 10.9. The predicted octanol–water partition coefficient (Wildman–Crippen LogP) is 2.65. The van der Waals surface area contributed by atoms with Gasteiger partial charge in [-0.3, -0.25) is 0 Å². The molecule has 0 fully saturated rings. The highest BCUT2D eigenvalue weighted by Gasteiger charge is 2.28. The smallest absolute Gasteiger partial charge is 0.408 e. The molecule has 0 saturated heterocycles. The second-order valence-corrected chi connectivity index (χ2v) is 6.64. The van der Waals surface area contributed by atoms with E-state index in [4.69, 9.17) is 4.74 Å². The van der Waals surface area contributed by atoms with Crippen LogP contribution in [0.2, 0.25) is 0 Å². The van der Waals surface area contributed by atoms with Gasteiger partial charge in [0, 0.05) is 12.7 Å². The van der Waals surface area contributed by atoms with Crippen molar-refractivity contribution < 1.29 is 19.4 Å². The quantitative estimate of drug-likeness (QED) is 0.891. The molecule has 7 nitrogen and oxygen atoms in total. The van der Waals surface area contributed by atoms with Gasteiger partial charge in [-0.25, -0.2) is 14.6 Å². The van der Waals surface area contributed by atoms with Gasteiger partial charge in [0.05, 0.1) is 6.04 Å². The molecule has 7 heteroatoms. The number of imidazole rings is 1. The molecular formula is C15H25N3O4. The molecule has 0 aliphatic carbocycles. The van der Waals surface area contributed by atoms with Gasteiger partial charge in [-0.2, -0.15) is 0 Å². The van der Waals surface area contributed by atoms with Crippen molar-refractivity contribution in [3.8, 4) is 0 Å². The summed E-state index contributed by atoms with van der Waals surface area (Å²) in [5, 5.41) is 11.9. The molecular weight excluding hydrogens is 286 g/mol. The molecule has 1 atom stereocenters. The number of aromatic nitrogens is 2. The third-order valence-corrected chi connectivity index (χ3v) is 3.24. The highest BCUT2D eigenvalue weighted by Crippen LogP contribution is 2.23. The van der Waals surface area contributed by atoms with Crippen LogP contribution >= 0.6 is 0 Å². The number of hydrogen-bond donors (Lipinski definition) is 2. The highest BCUT2D eigenvalue weighted by molar-refractivity contribution is 5.86. The Bertz CT molecular complexity index is 570. The summed E-state index contributed by atoms with van der Waals surface area (Å²) in [5.41, 5.74) is -0.0664. The Balaban J connectivity index is 3.10. The topological polar surface area (TPSA) is 93.4 Å². The number of ether oxygens (including phenoxy) is 1. The summed E-state index contributed by atoms with van der Waals surface area (Å²) >= 11 is 0. The monoisotopic (exact) mass is 311 g/mol. The SMILES string of the molecule is Cc1c(C(=O)O)nc([C@@H](NC(=O)OC(C)(C)C)C(C)C)n1C. The first-order chi connectivity index (χ1) is 9.94. The number of carboxylic acid groups (broad SMARTS) is 1. The van der Waals surface area contributed by atoms with Crippen molar-refractivity contribution in [1.82, 2.24) is 14.9 Å². The Morgan fingerprint density at radius 3 is 2.23 bits per heavy atom. The summed E-state index contributed by atoms with van der Waals surface area (Å²) in [6.07, 6.45) is -0.552. The third kappa shape index (κ3) is 4.22. The van der Waals surface area contributed by atoms with Crippen LogP contribution in [0.1, 0.15) is 62.7 Å².